The van der Waals surface area contributed by atoms with Crippen molar-refractivity contribution in [1.29, 1.82) is 0 Å². The number of nitro groups is 1. The van der Waals surface area contributed by atoms with Crippen molar-refractivity contribution in [3.05, 3.63) is 94.0 Å². The molecule has 1 aromatic heterocycles. The van der Waals surface area contributed by atoms with Gasteiger partial charge in [0, 0.05) is 17.3 Å². The number of aryl methyl sites for hydroxylation is 2. The van der Waals surface area contributed by atoms with Crippen molar-refractivity contribution in [3.8, 4) is 17.1 Å². The third kappa shape index (κ3) is 5.09. The summed E-state index contributed by atoms with van der Waals surface area (Å²) in [5.74, 6) is 0.314. The van der Waals surface area contributed by atoms with Gasteiger partial charge in [-0.2, -0.15) is 0 Å². The molecular formula is C24H21N5O3S. The maximum absolute atomic E-state index is 12.6. The van der Waals surface area contributed by atoms with E-state index in [1.807, 2.05) is 66.9 Å². The molecular weight excluding hydrogens is 438 g/mol. The Morgan fingerprint density at radius 2 is 1.61 bits per heavy atom. The van der Waals surface area contributed by atoms with E-state index in [0.717, 1.165) is 22.4 Å². The molecule has 166 valence electrons. The fourth-order valence-electron chi connectivity index (χ4n) is 3.23. The number of amides is 1. The molecule has 0 fully saturated rings. The van der Waals surface area contributed by atoms with Crippen LogP contribution in [0.15, 0.2) is 78.0 Å². The Labute approximate surface area is 194 Å². The molecule has 1 N–H and O–H groups in total. The summed E-state index contributed by atoms with van der Waals surface area (Å²) in [7, 11) is 0. The van der Waals surface area contributed by atoms with Crippen LogP contribution in [0.25, 0.3) is 17.1 Å². The number of rotatable bonds is 7. The smallest absolute Gasteiger partial charge is 0.292 e. The zero-order valence-corrected chi connectivity index (χ0v) is 18.9. The van der Waals surface area contributed by atoms with E-state index < -0.39 is 4.92 Å². The average molecular weight is 460 g/mol. The van der Waals surface area contributed by atoms with E-state index in [1.165, 1.54) is 23.9 Å². The molecule has 4 rings (SSSR count). The van der Waals surface area contributed by atoms with Gasteiger partial charge in [-0.15, -0.1) is 10.2 Å². The van der Waals surface area contributed by atoms with Crippen molar-refractivity contribution >= 4 is 29.0 Å². The molecule has 9 heteroatoms. The Balaban J connectivity index is 1.60. The lowest BCUT2D eigenvalue weighted by atomic mass is 10.1. The fourth-order valence-corrected chi connectivity index (χ4v) is 3.99. The van der Waals surface area contributed by atoms with Crippen LogP contribution in [-0.2, 0) is 4.79 Å². The Hall–Kier alpha value is -3.98. The lowest BCUT2D eigenvalue weighted by Gasteiger charge is -2.11. The van der Waals surface area contributed by atoms with Crippen LogP contribution in [0.2, 0.25) is 0 Å². The van der Waals surface area contributed by atoms with E-state index in [9.17, 15) is 14.9 Å². The first-order chi connectivity index (χ1) is 15.9. The van der Waals surface area contributed by atoms with E-state index in [1.54, 1.807) is 12.1 Å². The summed E-state index contributed by atoms with van der Waals surface area (Å²) < 4.78 is 1.91. The minimum atomic E-state index is -0.523. The van der Waals surface area contributed by atoms with Crippen molar-refractivity contribution < 1.29 is 9.72 Å². The largest absolute Gasteiger partial charge is 0.320 e. The van der Waals surface area contributed by atoms with Gasteiger partial charge >= 0.3 is 0 Å². The van der Waals surface area contributed by atoms with Gasteiger partial charge in [0.25, 0.3) is 5.69 Å². The topological polar surface area (TPSA) is 103 Å². The highest BCUT2D eigenvalue weighted by molar-refractivity contribution is 7.99. The minimum absolute atomic E-state index is 0.0178. The molecule has 3 aromatic carbocycles. The van der Waals surface area contributed by atoms with Gasteiger partial charge < -0.3 is 5.32 Å². The predicted molar refractivity (Wildman–Crippen MR) is 129 cm³/mol. The highest BCUT2D eigenvalue weighted by Gasteiger charge is 2.19. The van der Waals surface area contributed by atoms with Crippen LogP contribution in [0, 0.1) is 24.0 Å². The Morgan fingerprint density at radius 1 is 0.970 bits per heavy atom. The number of hydrogen-bond acceptors (Lipinski definition) is 6. The van der Waals surface area contributed by atoms with Crippen molar-refractivity contribution in [2.75, 3.05) is 11.1 Å². The molecule has 4 aromatic rings. The van der Waals surface area contributed by atoms with Gasteiger partial charge in [0.15, 0.2) is 11.0 Å². The molecule has 0 saturated heterocycles. The number of thioether (sulfide) groups is 1. The monoisotopic (exact) mass is 459 g/mol. The molecule has 1 heterocycles. The zero-order valence-electron chi connectivity index (χ0n) is 18.1. The molecule has 33 heavy (non-hydrogen) atoms. The number of aromatic nitrogens is 3. The Kier molecular flexibility index (Phi) is 6.50. The number of nitro benzene ring substituents is 1. The average Bonchev–Trinajstić information content (AvgIpc) is 3.23. The number of hydrogen-bond donors (Lipinski definition) is 1. The maximum Gasteiger partial charge on any atom is 0.292 e. The summed E-state index contributed by atoms with van der Waals surface area (Å²) in [6.07, 6.45) is 0. The minimum Gasteiger partial charge on any atom is -0.320 e. The molecule has 0 bridgehead atoms. The number of carbonyl (C=O) groups excluding carboxylic acids is 1. The molecule has 1 amide bonds. The first-order valence-electron chi connectivity index (χ1n) is 10.2. The van der Waals surface area contributed by atoms with Crippen LogP contribution >= 0.6 is 11.8 Å². The Morgan fingerprint density at radius 3 is 2.27 bits per heavy atom. The van der Waals surface area contributed by atoms with Gasteiger partial charge in [0.2, 0.25) is 5.91 Å². The highest BCUT2D eigenvalue weighted by Crippen LogP contribution is 2.29. The maximum atomic E-state index is 12.6. The quantitative estimate of drug-likeness (QED) is 0.232. The van der Waals surface area contributed by atoms with Crippen molar-refractivity contribution in [2.24, 2.45) is 0 Å². The predicted octanol–water partition coefficient (Wildman–Crippen LogP) is 5.19. The highest BCUT2D eigenvalue weighted by atomic mass is 32.2. The normalized spacial score (nSPS) is 10.7. The van der Waals surface area contributed by atoms with Crippen molar-refractivity contribution in [1.82, 2.24) is 14.8 Å². The van der Waals surface area contributed by atoms with Crippen molar-refractivity contribution in [2.45, 2.75) is 19.0 Å². The summed E-state index contributed by atoms with van der Waals surface area (Å²) in [6, 6.07) is 22.0. The number of nitrogens with one attached hydrogen (secondary N) is 1. The first kappa shape index (κ1) is 22.2. The molecule has 0 spiro atoms. The number of nitrogens with zero attached hydrogens (tertiary/aromatic N) is 4. The molecule has 0 saturated carbocycles. The molecule has 0 unspecified atom stereocenters. The summed E-state index contributed by atoms with van der Waals surface area (Å²) in [5.41, 5.74) is 4.06. The van der Waals surface area contributed by atoms with E-state index in [2.05, 4.69) is 15.5 Å². The summed E-state index contributed by atoms with van der Waals surface area (Å²) >= 11 is 1.21. The van der Waals surface area contributed by atoms with Gasteiger partial charge in [0.1, 0.15) is 5.69 Å². The molecule has 8 nitrogen and oxygen atoms in total. The second kappa shape index (κ2) is 9.66. The summed E-state index contributed by atoms with van der Waals surface area (Å²) in [6.45, 7) is 4.03. The van der Waals surface area contributed by atoms with E-state index in [0.29, 0.717) is 11.0 Å². The van der Waals surface area contributed by atoms with Crippen LogP contribution in [0.3, 0.4) is 0 Å². The second-order valence-corrected chi connectivity index (χ2v) is 8.40. The first-order valence-corrected chi connectivity index (χ1v) is 11.2. The molecule has 0 aliphatic heterocycles. The molecule has 0 aliphatic rings. The third-order valence-corrected chi connectivity index (χ3v) is 5.87. The van der Waals surface area contributed by atoms with Gasteiger partial charge in [0.05, 0.1) is 10.7 Å². The van der Waals surface area contributed by atoms with Crippen LogP contribution in [0.5, 0.6) is 0 Å². The summed E-state index contributed by atoms with van der Waals surface area (Å²) in [4.78, 5) is 23.2. The van der Waals surface area contributed by atoms with Crippen LogP contribution in [-0.4, -0.2) is 31.3 Å². The van der Waals surface area contributed by atoms with Crippen LogP contribution in [0.4, 0.5) is 11.4 Å². The van der Waals surface area contributed by atoms with Crippen LogP contribution < -0.4 is 5.32 Å². The van der Waals surface area contributed by atoms with E-state index in [4.69, 9.17) is 0 Å². The van der Waals surface area contributed by atoms with E-state index in [-0.39, 0.29) is 23.0 Å². The lowest BCUT2D eigenvalue weighted by molar-refractivity contribution is -0.383. The van der Waals surface area contributed by atoms with Gasteiger partial charge in [-0.25, -0.2) is 0 Å². The lowest BCUT2D eigenvalue weighted by Crippen LogP contribution is -2.15. The number of para-hydroxylation sites is 2. The van der Waals surface area contributed by atoms with Gasteiger partial charge in [-0.1, -0.05) is 71.4 Å². The van der Waals surface area contributed by atoms with Gasteiger partial charge in [-0.3, -0.25) is 19.5 Å². The molecule has 0 atom stereocenters. The zero-order chi connectivity index (χ0) is 23.4. The summed E-state index contributed by atoms with van der Waals surface area (Å²) in [5, 5.41) is 23.1. The third-order valence-electron chi connectivity index (χ3n) is 4.94. The van der Waals surface area contributed by atoms with Crippen molar-refractivity contribution in [3.63, 3.8) is 0 Å². The SMILES string of the molecule is Cc1ccc(-c2nnc(SCC(=O)Nc3ccccc3[N+](=O)[O-])n2-c2ccc(C)cc2)cc1. The van der Waals surface area contributed by atoms with E-state index >= 15 is 0 Å². The molecule has 0 aliphatic carbocycles. The fraction of sp³-hybridized carbons (Fsp3) is 0.125. The molecule has 0 radical (unpaired) electrons. The standard InChI is InChI=1S/C24H21N5O3S/c1-16-7-11-18(12-8-16)23-26-27-24(28(23)19-13-9-17(2)10-14-19)33-15-22(30)25-20-5-3-4-6-21(20)29(31)32/h3-14H,15H2,1-2H3,(H,25,30). The number of benzene rings is 3. The number of carbonyl (C=O) groups is 1. The second-order valence-electron chi connectivity index (χ2n) is 7.45. The van der Waals surface area contributed by atoms with Crippen LogP contribution in [0.1, 0.15) is 11.1 Å². The van der Waals surface area contributed by atoms with Gasteiger partial charge in [-0.05, 0) is 32.0 Å². The number of anilines is 1. The Bertz CT molecular complexity index is 1300.